The van der Waals surface area contributed by atoms with E-state index in [-0.39, 0.29) is 21.7 Å². The fraction of sp³-hybridized carbons (Fsp3) is 0.500. The Morgan fingerprint density at radius 1 is 1.32 bits per heavy atom. The summed E-state index contributed by atoms with van der Waals surface area (Å²) in [4.78, 5) is -0.147. The van der Waals surface area contributed by atoms with Crippen LogP contribution < -0.4 is 11.1 Å². The van der Waals surface area contributed by atoms with Crippen molar-refractivity contribution in [1.82, 2.24) is 0 Å². The summed E-state index contributed by atoms with van der Waals surface area (Å²) in [6.07, 6.45) is 0. The van der Waals surface area contributed by atoms with Crippen LogP contribution in [-0.4, -0.2) is 11.5 Å². The van der Waals surface area contributed by atoms with E-state index in [1.54, 1.807) is 0 Å². The Bertz CT molecular complexity index is 481. The number of hydrogen-bond acceptors (Lipinski definition) is 2. The third-order valence-electron chi connectivity index (χ3n) is 3.42. The molecule has 106 valence electrons. The van der Waals surface area contributed by atoms with E-state index in [0.29, 0.717) is 12.5 Å². The van der Waals surface area contributed by atoms with Crippen molar-refractivity contribution in [2.45, 2.75) is 27.7 Å². The van der Waals surface area contributed by atoms with Crippen LogP contribution in [-0.2, 0) is 0 Å². The van der Waals surface area contributed by atoms with Crippen molar-refractivity contribution in [3.8, 4) is 0 Å². The Kier molecular flexibility index (Phi) is 4.85. The van der Waals surface area contributed by atoms with Gasteiger partial charge in [0.2, 0.25) is 0 Å². The second-order valence-corrected chi connectivity index (χ2v) is 6.24. The van der Waals surface area contributed by atoms with E-state index in [9.17, 15) is 8.78 Å². The number of halogens is 2. The minimum absolute atomic E-state index is 0.0677. The summed E-state index contributed by atoms with van der Waals surface area (Å²) in [5.74, 6) is -1.63. The number of nitrogens with one attached hydrogen (secondary N) is 1. The molecule has 0 aliphatic heterocycles. The number of anilines is 1. The Morgan fingerprint density at radius 3 is 2.37 bits per heavy atom. The average molecular weight is 286 g/mol. The van der Waals surface area contributed by atoms with Crippen molar-refractivity contribution in [3.63, 3.8) is 0 Å². The van der Waals surface area contributed by atoms with Crippen LogP contribution in [0.25, 0.3) is 0 Å². The van der Waals surface area contributed by atoms with Gasteiger partial charge in [0.1, 0.15) is 4.99 Å². The topological polar surface area (TPSA) is 38.0 Å². The monoisotopic (exact) mass is 286 g/mol. The maximum atomic E-state index is 13.8. The second-order valence-electron chi connectivity index (χ2n) is 5.80. The van der Waals surface area contributed by atoms with E-state index in [4.69, 9.17) is 5.73 Å². The highest BCUT2D eigenvalue weighted by atomic mass is 32.1. The molecule has 0 aromatic heterocycles. The number of benzene rings is 1. The molecule has 3 N–H and O–H groups in total. The van der Waals surface area contributed by atoms with Crippen molar-refractivity contribution in [1.29, 1.82) is 0 Å². The summed E-state index contributed by atoms with van der Waals surface area (Å²) < 4.78 is 27.5. The molecule has 0 fully saturated rings. The average Bonchev–Trinajstić information content (AvgIpc) is 2.28. The molecule has 0 saturated heterocycles. The van der Waals surface area contributed by atoms with Crippen molar-refractivity contribution in [3.05, 3.63) is 29.3 Å². The number of rotatable bonds is 4. The molecule has 1 atom stereocenters. The maximum absolute atomic E-state index is 13.8. The Morgan fingerprint density at radius 2 is 1.89 bits per heavy atom. The van der Waals surface area contributed by atoms with Gasteiger partial charge in [-0.2, -0.15) is 0 Å². The zero-order valence-electron chi connectivity index (χ0n) is 11.7. The normalized spacial score (nSPS) is 13.2. The minimum atomic E-state index is -0.999. The molecule has 19 heavy (non-hydrogen) atoms. The van der Waals surface area contributed by atoms with Gasteiger partial charge in [0.05, 0.1) is 5.69 Å². The van der Waals surface area contributed by atoms with Gasteiger partial charge >= 0.3 is 0 Å². The predicted octanol–water partition coefficient (Wildman–Crippen LogP) is 3.69. The third-order valence-corrected chi connectivity index (χ3v) is 3.64. The van der Waals surface area contributed by atoms with E-state index in [2.05, 4.69) is 45.2 Å². The molecule has 0 saturated carbocycles. The fourth-order valence-corrected chi connectivity index (χ4v) is 1.60. The Balaban J connectivity index is 2.87. The molecule has 1 aromatic carbocycles. The highest BCUT2D eigenvalue weighted by Gasteiger charge is 2.21. The van der Waals surface area contributed by atoms with Crippen LogP contribution in [0.5, 0.6) is 0 Å². The van der Waals surface area contributed by atoms with E-state index in [1.165, 1.54) is 12.1 Å². The van der Waals surface area contributed by atoms with E-state index < -0.39 is 11.6 Å². The smallest absolute Gasteiger partial charge is 0.182 e. The highest BCUT2D eigenvalue weighted by Crippen LogP contribution is 2.27. The van der Waals surface area contributed by atoms with Crippen LogP contribution >= 0.6 is 12.2 Å². The molecule has 0 radical (unpaired) electrons. The van der Waals surface area contributed by atoms with Gasteiger partial charge in [-0.25, -0.2) is 8.78 Å². The Labute approximate surface area is 118 Å². The summed E-state index contributed by atoms with van der Waals surface area (Å²) >= 11 is 4.66. The summed E-state index contributed by atoms with van der Waals surface area (Å²) in [7, 11) is 0. The number of thiocarbonyl (C=S) groups is 1. The van der Waals surface area contributed by atoms with Crippen LogP contribution in [0.4, 0.5) is 14.5 Å². The maximum Gasteiger partial charge on any atom is 0.182 e. The molecule has 1 rings (SSSR count). The molecule has 5 heteroatoms. The molecule has 1 aromatic rings. The van der Waals surface area contributed by atoms with E-state index >= 15 is 0 Å². The quantitative estimate of drug-likeness (QED) is 0.829. The molecule has 0 amide bonds. The van der Waals surface area contributed by atoms with Crippen LogP contribution in [0.1, 0.15) is 33.3 Å². The molecule has 0 heterocycles. The van der Waals surface area contributed by atoms with E-state index in [0.717, 1.165) is 0 Å². The van der Waals surface area contributed by atoms with Crippen molar-refractivity contribution in [2.75, 3.05) is 11.9 Å². The van der Waals surface area contributed by atoms with E-state index in [1.807, 2.05) is 0 Å². The van der Waals surface area contributed by atoms with Crippen molar-refractivity contribution in [2.24, 2.45) is 17.1 Å². The van der Waals surface area contributed by atoms with Gasteiger partial charge in [0.25, 0.3) is 0 Å². The van der Waals surface area contributed by atoms with Crippen LogP contribution in [0.3, 0.4) is 0 Å². The van der Waals surface area contributed by atoms with Crippen LogP contribution in [0, 0.1) is 23.0 Å². The van der Waals surface area contributed by atoms with Gasteiger partial charge in [-0.1, -0.05) is 39.9 Å². The summed E-state index contributed by atoms with van der Waals surface area (Å²) in [6.45, 7) is 8.93. The molecule has 0 spiro atoms. The summed E-state index contributed by atoms with van der Waals surface area (Å²) in [5.41, 5.74) is 5.48. The van der Waals surface area contributed by atoms with Gasteiger partial charge in [-0.15, -0.1) is 0 Å². The predicted molar refractivity (Wildman–Crippen MR) is 79.4 cm³/mol. The number of hydrogen-bond donors (Lipinski definition) is 2. The second kappa shape index (κ2) is 5.82. The lowest BCUT2D eigenvalue weighted by Crippen LogP contribution is -2.25. The van der Waals surface area contributed by atoms with Crippen molar-refractivity contribution < 1.29 is 8.78 Å². The first-order chi connectivity index (χ1) is 8.64. The lowest BCUT2D eigenvalue weighted by molar-refractivity contribution is 0.274. The molecule has 2 nitrogen and oxygen atoms in total. The summed E-state index contributed by atoms with van der Waals surface area (Å²) in [6, 6.07) is 2.85. The number of nitrogens with two attached hydrogens (primary N) is 1. The van der Waals surface area contributed by atoms with Gasteiger partial charge < -0.3 is 11.1 Å². The van der Waals surface area contributed by atoms with Gasteiger partial charge in [-0.3, -0.25) is 0 Å². The zero-order chi connectivity index (χ0) is 14.8. The van der Waals surface area contributed by atoms with Crippen LogP contribution in [0.2, 0.25) is 0 Å². The zero-order valence-corrected chi connectivity index (χ0v) is 12.5. The van der Waals surface area contributed by atoms with Gasteiger partial charge in [-0.05, 0) is 23.5 Å². The lowest BCUT2D eigenvalue weighted by Gasteiger charge is -2.27. The summed E-state index contributed by atoms with van der Waals surface area (Å²) in [5, 5.41) is 2.93. The Hall–Kier alpha value is -1.23. The van der Waals surface area contributed by atoms with Gasteiger partial charge in [0.15, 0.2) is 11.6 Å². The standard InChI is InChI=1S/C14H20F2N2S/c1-8(14(2,3)4)7-18-10-6-5-9(13(17)19)11(15)12(10)16/h5-6,8,18H,7H2,1-4H3,(H2,17,19). The first-order valence-electron chi connectivity index (χ1n) is 6.16. The van der Waals surface area contributed by atoms with Crippen LogP contribution in [0.15, 0.2) is 12.1 Å². The van der Waals surface area contributed by atoms with Crippen molar-refractivity contribution >= 4 is 22.9 Å². The molecular weight excluding hydrogens is 266 g/mol. The third kappa shape index (κ3) is 3.86. The fourth-order valence-electron chi connectivity index (χ4n) is 1.45. The molecule has 1 unspecified atom stereocenters. The molecule has 0 aliphatic carbocycles. The van der Waals surface area contributed by atoms with Gasteiger partial charge in [0, 0.05) is 12.1 Å². The largest absolute Gasteiger partial charge is 0.389 e. The SMILES string of the molecule is CC(CNc1ccc(C(N)=S)c(F)c1F)C(C)(C)C. The molecular formula is C14H20F2N2S. The molecule has 0 aliphatic rings. The first kappa shape index (κ1) is 15.8. The first-order valence-corrected chi connectivity index (χ1v) is 6.57. The molecule has 0 bridgehead atoms. The highest BCUT2D eigenvalue weighted by molar-refractivity contribution is 7.80. The minimum Gasteiger partial charge on any atom is -0.389 e. The lowest BCUT2D eigenvalue weighted by atomic mass is 9.82.